The lowest BCUT2D eigenvalue weighted by Gasteiger charge is -2.07. The van der Waals surface area contributed by atoms with Crippen LogP contribution in [0.2, 0.25) is 0 Å². The largest absolute Gasteiger partial charge is 0.478 e. The molecule has 8 heteroatoms. The predicted molar refractivity (Wildman–Crippen MR) is 83.7 cm³/mol. The first-order chi connectivity index (χ1) is 9.90. The molecule has 2 rings (SSSR count). The van der Waals surface area contributed by atoms with E-state index in [4.69, 9.17) is 9.52 Å². The van der Waals surface area contributed by atoms with Crippen LogP contribution >= 0.6 is 22.6 Å². The number of furan rings is 1. The maximum Gasteiger partial charge on any atom is 0.336 e. The molecule has 1 heterocycles. The average molecular weight is 421 g/mol. The van der Waals surface area contributed by atoms with Crippen LogP contribution in [0.25, 0.3) is 0 Å². The van der Waals surface area contributed by atoms with Crippen molar-refractivity contribution in [3.63, 3.8) is 0 Å². The molecule has 112 valence electrons. The lowest BCUT2D eigenvalue weighted by Crippen LogP contribution is -2.26. The van der Waals surface area contributed by atoms with Gasteiger partial charge in [0.2, 0.25) is 10.0 Å². The molecular weight excluding hydrogens is 409 g/mol. The molecule has 0 fully saturated rings. The smallest absolute Gasteiger partial charge is 0.336 e. The SMILES string of the molecule is O=C(O)c1cc(S(=O)(=O)NCCc2ccco2)ccc1I. The van der Waals surface area contributed by atoms with Crippen molar-refractivity contribution in [3.05, 3.63) is 51.5 Å². The summed E-state index contributed by atoms with van der Waals surface area (Å²) in [4.78, 5) is 11.0. The minimum absolute atomic E-state index is 0.0375. The Balaban J connectivity index is 2.12. The first-order valence-corrected chi connectivity index (χ1v) is 8.51. The van der Waals surface area contributed by atoms with Gasteiger partial charge in [-0.05, 0) is 52.9 Å². The summed E-state index contributed by atoms with van der Waals surface area (Å²) in [5, 5.41) is 9.02. The van der Waals surface area contributed by atoms with Crippen molar-refractivity contribution in [1.29, 1.82) is 0 Å². The molecule has 0 atom stereocenters. The summed E-state index contributed by atoms with van der Waals surface area (Å²) >= 11 is 1.85. The highest BCUT2D eigenvalue weighted by Gasteiger charge is 2.17. The zero-order valence-corrected chi connectivity index (χ0v) is 13.7. The van der Waals surface area contributed by atoms with Gasteiger partial charge in [0.05, 0.1) is 16.7 Å². The zero-order valence-electron chi connectivity index (χ0n) is 10.7. The number of carboxylic acid groups (broad SMARTS) is 1. The molecule has 2 N–H and O–H groups in total. The molecule has 0 spiro atoms. The Morgan fingerprint density at radius 3 is 2.71 bits per heavy atom. The lowest BCUT2D eigenvalue weighted by atomic mass is 10.2. The van der Waals surface area contributed by atoms with Gasteiger partial charge in [-0.2, -0.15) is 0 Å². The fourth-order valence-corrected chi connectivity index (χ4v) is 3.31. The monoisotopic (exact) mass is 421 g/mol. The van der Waals surface area contributed by atoms with E-state index in [0.29, 0.717) is 15.8 Å². The van der Waals surface area contributed by atoms with Gasteiger partial charge in [0, 0.05) is 16.5 Å². The fraction of sp³-hybridized carbons (Fsp3) is 0.154. The van der Waals surface area contributed by atoms with Crippen LogP contribution in [-0.2, 0) is 16.4 Å². The van der Waals surface area contributed by atoms with E-state index in [1.54, 1.807) is 12.1 Å². The number of hydrogen-bond acceptors (Lipinski definition) is 4. The second kappa shape index (κ2) is 6.58. The van der Waals surface area contributed by atoms with Crippen LogP contribution in [0.3, 0.4) is 0 Å². The highest BCUT2D eigenvalue weighted by molar-refractivity contribution is 14.1. The van der Waals surface area contributed by atoms with Gasteiger partial charge in [-0.3, -0.25) is 0 Å². The molecule has 0 unspecified atom stereocenters. The molecule has 6 nitrogen and oxygen atoms in total. The number of halogens is 1. The van der Waals surface area contributed by atoms with Crippen molar-refractivity contribution in [1.82, 2.24) is 4.72 Å². The Bertz CT molecular complexity index is 740. The van der Waals surface area contributed by atoms with E-state index < -0.39 is 16.0 Å². The van der Waals surface area contributed by atoms with Crippen molar-refractivity contribution in [2.75, 3.05) is 6.54 Å². The quantitative estimate of drug-likeness (QED) is 0.697. The summed E-state index contributed by atoms with van der Waals surface area (Å²) in [6, 6.07) is 7.47. The highest BCUT2D eigenvalue weighted by Crippen LogP contribution is 2.18. The number of hydrogen-bond donors (Lipinski definition) is 2. The maximum absolute atomic E-state index is 12.1. The topological polar surface area (TPSA) is 96.6 Å². The van der Waals surface area contributed by atoms with Crippen molar-refractivity contribution >= 4 is 38.6 Å². The molecule has 1 aromatic heterocycles. The number of aromatic carboxylic acids is 1. The van der Waals surface area contributed by atoms with Gasteiger partial charge in [0.15, 0.2) is 0 Å². The van der Waals surface area contributed by atoms with E-state index in [9.17, 15) is 13.2 Å². The predicted octanol–water partition coefficient (Wildman–Crippen LogP) is 2.10. The molecule has 2 aromatic rings. The molecule has 0 amide bonds. The van der Waals surface area contributed by atoms with Gasteiger partial charge in [-0.1, -0.05) is 0 Å². The van der Waals surface area contributed by atoms with Crippen LogP contribution in [-0.4, -0.2) is 26.0 Å². The van der Waals surface area contributed by atoms with Gasteiger partial charge < -0.3 is 9.52 Å². The van der Waals surface area contributed by atoms with Crippen molar-refractivity contribution in [3.8, 4) is 0 Å². The third kappa shape index (κ3) is 4.05. The number of carbonyl (C=O) groups is 1. The van der Waals surface area contributed by atoms with E-state index in [0.717, 1.165) is 6.07 Å². The van der Waals surface area contributed by atoms with Crippen LogP contribution in [0.15, 0.2) is 45.9 Å². The van der Waals surface area contributed by atoms with Crippen molar-refractivity contribution in [2.24, 2.45) is 0 Å². The highest BCUT2D eigenvalue weighted by atomic mass is 127. The summed E-state index contributed by atoms with van der Waals surface area (Å²) in [7, 11) is -3.74. The molecule has 0 bridgehead atoms. The minimum atomic E-state index is -3.74. The van der Waals surface area contributed by atoms with Gasteiger partial charge in [0.1, 0.15) is 5.76 Å². The van der Waals surface area contributed by atoms with E-state index in [-0.39, 0.29) is 17.0 Å². The van der Waals surface area contributed by atoms with E-state index in [1.165, 1.54) is 18.4 Å². The van der Waals surface area contributed by atoms with E-state index >= 15 is 0 Å². The Kier molecular flexibility index (Phi) is 5.01. The standard InChI is InChI=1S/C13H12INO5S/c14-12-4-3-10(8-11(12)13(16)17)21(18,19)15-6-5-9-2-1-7-20-9/h1-4,7-8,15H,5-6H2,(H,16,17). The van der Waals surface area contributed by atoms with Crippen LogP contribution in [0.4, 0.5) is 0 Å². The second-order valence-corrected chi connectivity index (χ2v) is 7.10. The van der Waals surface area contributed by atoms with Crippen molar-refractivity contribution in [2.45, 2.75) is 11.3 Å². The molecule has 0 aliphatic heterocycles. The average Bonchev–Trinajstić information content (AvgIpc) is 2.91. The first kappa shape index (κ1) is 16.0. The van der Waals surface area contributed by atoms with Gasteiger partial charge in [0.25, 0.3) is 0 Å². The normalized spacial score (nSPS) is 11.5. The third-order valence-corrected chi connectivity index (χ3v) is 5.12. The Morgan fingerprint density at radius 2 is 2.10 bits per heavy atom. The molecule has 0 saturated heterocycles. The number of carboxylic acids is 1. The molecule has 1 aromatic carbocycles. The summed E-state index contributed by atoms with van der Waals surface area (Å²) < 4.78 is 32.2. The fourth-order valence-electron chi connectivity index (χ4n) is 1.68. The van der Waals surface area contributed by atoms with Crippen LogP contribution in [0.1, 0.15) is 16.1 Å². The molecular formula is C13H12INO5S. The summed E-state index contributed by atoms with van der Waals surface area (Å²) in [5.41, 5.74) is -0.0375. The number of nitrogens with one attached hydrogen (secondary N) is 1. The Morgan fingerprint density at radius 1 is 1.33 bits per heavy atom. The molecule has 0 saturated carbocycles. The zero-order chi connectivity index (χ0) is 15.5. The summed E-state index contributed by atoms with van der Waals surface area (Å²) in [6.07, 6.45) is 1.94. The van der Waals surface area contributed by atoms with Gasteiger partial charge >= 0.3 is 5.97 Å². The number of sulfonamides is 1. The second-order valence-electron chi connectivity index (χ2n) is 4.17. The van der Waals surface area contributed by atoms with E-state index in [2.05, 4.69) is 4.72 Å². The third-order valence-electron chi connectivity index (χ3n) is 2.72. The van der Waals surface area contributed by atoms with Crippen molar-refractivity contribution < 1.29 is 22.7 Å². The van der Waals surface area contributed by atoms with E-state index in [1.807, 2.05) is 22.6 Å². The van der Waals surface area contributed by atoms with Crippen LogP contribution in [0, 0.1) is 3.57 Å². The Labute approximate surface area is 135 Å². The van der Waals surface area contributed by atoms with Gasteiger partial charge in [-0.25, -0.2) is 17.9 Å². The number of benzene rings is 1. The van der Waals surface area contributed by atoms with Gasteiger partial charge in [-0.15, -0.1) is 0 Å². The molecule has 21 heavy (non-hydrogen) atoms. The molecule has 0 aliphatic carbocycles. The maximum atomic E-state index is 12.1. The molecule has 0 radical (unpaired) electrons. The first-order valence-electron chi connectivity index (χ1n) is 5.95. The Hall–Kier alpha value is -1.39. The molecule has 0 aliphatic rings. The van der Waals surface area contributed by atoms with Crippen LogP contribution in [0.5, 0.6) is 0 Å². The number of rotatable bonds is 6. The summed E-state index contributed by atoms with van der Waals surface area (Å²) in [6.45, 7) is 0.171. The van der Waals surface area contributed by atoms with Crippen LogP contribution < -0.4 is 4.72 Å². The lowest BCUT2D eigenvalue weighted by molar-refractivity contribution is 0.0695. The minimum Gasteiger partial charge on any atom is -0.478 e. The summed E-state index contributed by atoms with van der Waals surface area (Å²) in [5.74, 6) is -0.487.